The number of fused-ring (bicyclic) bond motifs is 6. The molecule has 1 atom stereocenters. The first-order valence-electron chi connectivity index (χ1n) is 10.7. The summed E-state index contributed by atoms with van der Waals surface area (Å²) < 4.78 is 2.17. The molecule has 3 aromatic rings. The van der Waals surface area contributed by atoms with Gasteiger partial charge >= 0.3 is 0 Å². The largest absolute Gasteiger partial charge is 0.352 e. The van der Waals surface area contributed by atoms with Gasteiger partial charge in [0.1, 0.15) is 11.8 Å². The van der Waals surface area contributed by atoms with Gasteiger partial charge in [-0.1, -0.05) is 79.5 Å². The standard InChI is InChI=1S/C28H27N2.Ir/c1-18-9-8-10-19(2)25(18)26-27-22-14-13-20(16-28(3,4)5)15-23(22)21-11-6-7-12-24(21)30(27)17-29-26;/h6-11,13-15,27H,16H2,1-5H3;/q-1;. The third-order valence-corrected chi connectivity index (χ3v) is 6.04. The van der Waals surface area contributed by atoms with Gasteiger partial charge in [-0.2, -0.15) is 23.2 Å². The minimum absolute atomic E-state index is 0. The van der Waals surface area contributed by atoms with E-state index in [9.17, 15) is 0 Å². The van der Waals surface area contributed by atoms with Gasteiger partial charge in [0.15, 0.2) is 0 Å². The van der Waals surface area contributed by atoms with Gasteiger partial charge in [0.2, 0.25) is 6.34 Å². The Morgan fingerprint density at radius 1 is 0.968 bits per heavy atom. The summed E-state index contributed by atoms with van der Waals surface area (Å²) in [5.41, 5.74) is 11.3. The predicted molar refractivity (Wildman–Crippen MR) is 124 cm³/mol. The van der Waals surface area contributed by atoms with Crippen LogP contribution in [-0.2, 0) is 26.5 Å². The van der Waals surface area contributed by atoms with E-state index in [0.717, 1.165) is 17.8 Å². The van der Waals surface area contributed by atoms with Crippen LogP contribution in [0.1, 0.15) is 54.6 Å². The summed E-state index contributed by atoms with van der Waals surface area (Å²) in [6.45, 7) is 11.2. The topological polar surface area (TPSA) is 15.4 Å². The second-order valence-electron chi connectivity index (χ2n) is 9.73. The van der Waals surface area contributed by atoms with Crippen LogP contribution in [0.5, 0.6) is 0 Å². The molecule has 1 radical (unpaired) electrons. The molecule has 2 heterocycles. The van der Waals surface area contributed by atoms with Gasteiger partial charge in [-0.15, -0.1) is 5.56 Å². The molecule has 5 rings (SSSR count). The zero-order chi connectivity index (χ0) is 21.0. The quantitative estimate of drug-likeness (QED) is 0.243. The molecule has 0 aliphatic carbocycles. The molecule has 31 heavy (non-hydrogen) atoms. The molecule has 2 aliphatic rings. The molecule has 0 aromatic heterocycles. The van der Waals surface area contributed by atoms with E-state index < -0.39 is 0 Å². The number of benzene rings is 3. The first-order valence-corrected chi connectivity index (χ1v) is 10.7. The molecular formula is C28H27IrN2-. The van der Waals surface area contributed by atoms with Crippen LogP contribution >= 0.6 is 0 Å². The van der Waals surface area contributed by atoms with Crippen molar-refractivity contribution < 1.29 is 24.7 Å². The van der Waals surface area contributed by atoms with E-state index in [1.165, 1.54) is 38.9 Å². The van der Waals surface area contributed by atoms with E-state index in [4.69, 9.17) is 4.99 Å². The molecule has 159 valence electrons. The molecule has 1 unspecified atom stereocenters. The second kappa shape index (κ2) is 7.97. The molecule has 2 aliphatic heterocycles. The maximum absolute atomic E-state index is 4.82. The number of para-hydroxylation sites is 1. The van der Waals surface area contributed by atoms with Crippen molar-refractivity contribution in [3.63, 3.8) is 0 Å². The molecule has 0 spiro atoms. The van der Waals surface area contributed by atoms with Crippen molar-refractivity contribution in [3.05, 3.63) is 88.5 Å². The van der Waals surface area contributed by atoms with Crippen LogP contribution in [0.4, 0.5) is 5.69 Å². The van der Waals surface area contributed by atoms with Crippen LogP contribution in [-0.4, -0.2) is 16.6 Å². The summed E-state index contributed by atoms with van der Waals surface area (Å²) in [5, 5.41) is 0. The van der Waals surface area contributed by atoms with Gasteiger partial charge in [0.05, 0.1) is 0 Å². The number of hydrogen-bond donors (Lipinski definition) is 0. The van der Waals surface area contributed by atoms with Crippen molar-refractivity contribution in [1.82, 2.24) is 0 Å². The monoisotopic (exact) mass is 584 g/mol. The first kappa shape index (κ1) is 21.9. The maximum atomic E-state index is 4.82. The number of nitrogens with zero attached hydrogens (tertiary/aromatic N) is 2. The van der Waals surface area contributed by atoms with Gasteiger partial charge in [-0.25, -0.2) is 6.07 Å². The van der Waals surface area contributed by atoms with Crippen LogP contribution in [0, 0.1) is 25.3 Å². The van der Waals surface area contributed by atoms with Gasteiger partial charge in [-0.3, -0.25) is 0 Å². The average molecular weight is 584 g/mol. The van der Waals surface area contributed by atoms with Crippen LogP contribution < -0.4 is 0 Å². The first-order chi connectivity index (χ1) is 14.3. The molecule has 0 bridgehead atoms. The summed E-state index contributed by atoms with van der Waals surface area (Å²) in [4.78, 5) is 4.82. The summed E-state index contributed by atoms with van der Waals surface area (Å²) in [5.74, 6) is 0. The van der Waals surface area contributed by atoms with E-state index in [2.05, 4.69) is 100 Å². The SMILES string of the molecule is Cc1cccc(C)c1C1=N[C-]=[N+]2c3[c-]cccc3-c3cc(CC(C)(C)C)ccc3C12.[Ir]. The van der Waals surface area contributed by atoms with Crippen LogP contribution in [0.15, 0.2) is 59.6 Å². The van der Waals surface area contributed by atoms with E-state index in [1.807, 2.05) is 6.07 Å². The Hall–Kier alpha value is -2.35. The van der Waals surface area contributed by atoms with Crippen molar-refractivity contribution >= 4 is 17.7 Å². The summed E-state index contributed by atoms with van der Waals surface area (Å²) in [7, 11) is 0. The number of hydrogen-bond acceptors (Lipinski definition) is 1. The Morgan fingerprint density at radius 2 is 1.71 bits per heavy atom. The van der Waals surface area contributed by atoms with E-state index in [1.54, 1.807) is 0 Å². The molecule has 3 aromatic carbocycles. The second-order valence-corrected chi connectivity index (χ2v) is 9.73. The van der Waals surface area contributed by atoms with Crippen molar-refractivity contribution in [2.24, 2.45) is 10.4 Å². The van der Waals surface area contributed by atoms with Crippen LogP contribution in [0.2, 0.25) is 0 Å². The molecule has 0 saturated carbocycles. The smallest absolute Gasteiger partial charge is 0.247 e. The minimum Gasteiger partial charge on any atom is -0.352 e. The fourth-order valence-corrected chi connectivity index (χ4v) is 4.87. The molecule has 0 saturated heterocycles. The molecule has 0 fully saturated rings. The van der Waals surface area contributed by atoms with Crippen molar-refractivity contribution in [2.45, 2.75) is 47.1 Å². The third-order valence-electron chi connectivity index (χ3n) is 6.04. The summed E-state index contributed by atoms with van der Waals surface area (Å²) in [6, 6.07) is 23.2. The molecule has 2 nitrogen and oxygen atoms in total. The number of rotatable bonds is 2. The van der Waals surface area contributed by atoms with Crippen molar-refractivity contribution in [3.8, 4) is 11.1 Å². The van der Waals surface area contributed by atoms with Crippen LogP contribution in [0.25, 0.3) is 11.1 Å². The maximum Gasteiger partial charge on any atom is 0.247 e. The van der Waals surface area contributed by atoms with Gasteiger partial charge in [0.25, 0.3) is 0 Å². The normalized spacial score (nSPS) is 16.5. The minimum atomic E-state index is 0. The summed E-state index contributed by atoms with van der Waals surface area (Å²) in [6.07, 6.45) is 4.35. The molecule has 0 N–H and O–H groups in total. The van der Waals surface area contributed by atoms with E-state index >= 15 is 0 Å². The van der Waals surface area contributed by atoms with Crippen LogP contribution in [0.3, 0.4) is 0 Å². The molecular weight excluding hydrogens is 557 g/mol. The Kier molecular flexibility index (Phi) is 5.62. The molecule has 0 amide bonds. The Balaban J connectivity index is 0.00000231. The fraction of sp³-hybridized carbons (Fsp3) is 0.286. The Morgan fingerprint density at radius 3 is 2.42 bits per heavy atom. The zero-order valence-electron chi connectivity index (χ0n) is 18.7. The number of aryl methyl sites for hydroxylation is 2. The molecule has 3 heteroatoms. The van der Waals surface area contributed by atoms with Gasteiger partial charge in [0, 0.05) is 20.1 Å². The summed E-state index contributed by atoms with van der Waals surface area (Å²) >= 11 is 0. The third kappa shape index (κ3) is 3.75. The van der Waals surface area contributed by atoms with Gasteiger partial charge in [-0.05, 0) is 42.4 Å². The average Bonchev–Trinajstić information content (AvgIpc) is 3.12. The fourth-order valence-electron chi connectivity index (χ4n) is 4.87. The number of aliphatic imine (C=N–C) groups is 1. The van der Waals surface area contributed by atoms with Crippen molar-refractivity contribution in [1.29, 1.82) is 0 Å². The van der Waals surface area contributed by atoms with E-state index in [-0.39, 0.29) is 31.6 Å². The van der Waals surface area contributed by atoms with Crippen molar-refractivity contribution in [2.75, 3.05) is 0 Å². The predicted octanol–water partition coefficient (Wildman–Crippen LogP) is 6.46. The van der Waals surface area contributed by atoms with E-state index in [0.29, 0.717) is 0 Å². The van der Waals surface area contributed by atoms with Gasteiger partial charge < -0.3 is 4.58 Å². The Labute approximate surface area is 199 Å². The zero-order valence-corrected chi connectivity index (χ0v) is 21.1. The Bertz CT molecular complexity index is 1210.